The Bertz CT molecular complexity index is 2990. The van der Waals surface area contributed by atoms with Crippen LogP contribution in [0.4, 0.5) is 17.1 Å². The smallest absolute Gasteiger partial charge is 0.137 e. The molecule has 0 N–H and O–H groups in total. The molecular formula is C46H27NO2S. The summed E-state index contributed by atoms with van der Waals surface area (Å²) in [5.74, 6) is 0. The fraction of sp³-hybridized carbons (Fsp3) is 0. The quantitative estimate of drug-likeness (QED) is 0.189. The fourth-order valence-corrected chi connectivity index (χ4v) is 8.80. The van der Waals surface area contributed by atoms with Crippen LogP contribution in [0.2, 0.25) is 0 Å². The average Bonchev–Trinajstić information content (AvgIpc) is 3.86. The molecule has 3 heterocycles. The van der Waals surface area contributed by atoms with Crippen LogP contribution in [-0.4, -0.2) is 0 Å². The molecule has 11 rings (SSSR count). The van der Waals surface area contributed by atoms with E-state index in [1.54, 1.807) is 0 Å². The molecule has 0 aliphatic carbocycles. The summed E-state index contributed by atoms with van der Waals surface area (Å²) in [7, 11) is 0. The Labute approximate surface area is 290 Å². The second-order valence-corrected chi connectivity index (χ2v) is 14.0. The van der Waals surface area contributed by atoms with Crippen molar-refractivity contribution in [2.75, 3.05) is 4.90 Å². The van der Waals surface area contributed by atoms with Crippen molar-refractivity contribution in [2.45, 2.75) is 0 Å². The number of nitrogens with zero attached hydrogens (tertiary/aromatic N) is 1. The van der Waals surface area contributed by atoms with E-state index in [1.165, 1.54) is 42.1 Å². The monoisotopic (exact) mass is 657 g/mol. The molecule has 8 aromatic carbocycles. The summed E-state index contributed by atoms with van der Waals surface area (Å²) in [6.45, 7) is 0. The number of fused-ring (bicyclic) bond motifs is 11. The first kappa shape index (κ1) is 27.6. The molecule has 0 radical (unpaired) electrons. The molecule has 3 aromatic heterocycles. The first-order valence-corrected chi connectivity index (χ1v) is 17.6. The van der Waals surface area contributed by atoms with Gasteiger partial charge in [0.1, 0.15) is 22.3 Å². The van der Waals surface area contributed by atoms with Gasteiger partial charge in [0, 0.05) is 70.9 Å². The van der Waals surface area contributed by atoms with Crippen molar-refractivity contribution in [3.8, 4) is 11.1 Å². The number of benzene rings is 8. The van der Waals surface area contributed by atoms with Gasteiger partial charge in [-0.05, 0) is 88.6 Å². The topological polar surface area (TPSA) is 29.5 Å². The van der Waals surface area contributed by atoms with E-state index in [1.807, 2.05) is 35.6 Å². The molecule has 0 aliphatic heterocycles. The highest BCUT2D eigenvalue weighted by Crippen LogP contribution is 2.43. The summed E-state index contributed by atoms with van der Waals surface area (Å²) in [6, 6.07) is 58.4. The van der Waals surface area contributed by atoms with E-state index in [4.69, 9.17) is 8.83 Å². The third-order valence-corrected chi connectivity index (χ3v) is 11.2. The standard InChI is InChI=1S/C46H27NO2S/c1-4-10-40-34(7-1)36-22-20-32(26-42(36)48-40)47(33-21-23-37-35-8-2-5-11-41(35)49-43(37)27-33)31-18-15-28(16-19-31)30-14-13-29-17-24-45-46(39(29)25-30)38-9-3-6-12-44(38)50-45/h1-27H. The number of furan rings is 2. The van der Waals surface area contributed by atoms with Gasteiger partial charge >= 0.3 is 0 Å². The highest BCUT2D eigenvalue weighted by molar-refractivity contribution is 7.26. The number of rotatable bonds is 4. The summed E-state index contributed by atoms with van der Waals surface area (Å²) in [6.07, 6.45) is 0. The maximum Gasteiger partial charge on any atom is 0.137 e. The van der Waals surface area contributed by atoms with Gasteiger partial charge in [-0.3, -0.25) is 0 Å². The zero-order valence-corrected chi connectivity index (χ0v) is 27.6. The minimum Gasteiger partial charge on any atom is -0.456 e. The predicted molar refractivity (Wildman–Crippen MR) is 212 cm³/mol. The summed E-state index contributed by atoms with van der Waals surface area (Å²) in [5, 5.41) is 9.68. The molecule has 0 atom stereocenters. The van der Waals surface area contributed by atoms with Crippen LogP contribution in [0.15, 0.2) is 173 Å². The Kier molecular flexibility index (Phi) is 5.83. The average molecular weight is 658 g/mol. The minimum atomic E-state index is 0.860. The van der Waals surface area contributed by atoms with Crippen molar-refractivity contribution in [3.05, 3.63) is 164 Å². The second kappa shape index (κ2) is 10.6. The van der Waals surface area contributed by atoms with Crippen molar-refractivity contribution in [2.24, 2.45) is 0 Å². The predicted octanol–water partition coefficient (Wildman–Crippen LogP) is 14.1. The van der Waals surface area contributed by atoms with Gasteiger partial charge in [0.15, 0.2) is 0 Å². The number of hydrogen-bond acceptors (Lipinski definition) is 4. The zero-order valence-electron chi connectivity index (χ0n) is 26.8. The molecule has 4 heteroatoms. The van der Waals surface area contributed by atoms with E-state index < -0.39 is 0 Å². The molecular weight excluding hydrogens is 631 g/mol. The van der Waals surface area contributed by atoms with Crippen molar-refractivity contribution in [1.29, 1.82) is 0 Å². The molecule has 0 amide bonds. The van der Waals surface area contributed by atoms with Crippen molar-refractivity contribution in [1.82, 2.24) is 0 Å². The van der Waals surface area contributed by atoms with E-state index in [2.05, 4.69) is 144 Å². The van der Waals surface area contributed by atoms with Crippen molar-refractivity contribution in [3.63, 3.8) is 0 Å². The molecule has 0 fully saturated rings. The van der Waals surface area contributed by atoms with Gasteiger partial charge in [-0.25, -0.2) is 0 Å². The van der Waals surface area contributed by atoms with Crippen molar-refractivity contribution >= 4 is 103 Å². The van der Waals surface area contributed by atoms with E-state index in [-0.39, 0.29) is 0 Å². The molecule has 0 bridgehead atoms. The van der Waals surface area contributed by atoms with E-state index in [0.29, 0.717) is 0 Å². The number of hydrogen-bond donors (Lipinski definition) is 0. The highest BCUT2D eigenvalue weighted by atomic mass is 32.1. The number of thiophene rings is 1. The lowest BCUT2D eigenvalue weighted by atomic mass is 9.98. The largest absolute Gasteiger partial charge is 0.456 e. The minimum absolute atomic E-state index is 0.860. The van der Waals surface area contributed by atoms with Gasteiger partial charge in [0.2, 0.25) is 0 Å². The number of para-hydroxylation sites is 2. The van der Waals surface area contributed by atoms with Crippen molar-refractivity contribution < 1.29 is 8.83 Å². The van der Waals surface area contributed by atoms with Crippen LogP contribution in [0.5, 0.6) is 0 Å². The Morgan fingerprint density at radius 2 is 0.900 bits per heavy atom. The summed E-state index contributed by atoms with van der Waals surface area (Å²) >= 11 is 1.86. The van der Waals surface area contributed by atoms with Gasteiger partial charge in [0.25, 0.3) is 0 Å². The lowest BCUT2D eigenvalue weighted by Crippen LogP contribution is -2.09. The lowest BCUT2D eigenvalue weighted by molar-refractivity contribution is 0.669. The summed E-state index contributed by atoms with van der Waals surface area (Å²) in [5.41, 5.74) is 8.95. The number of anilines is 3. The molecule has 0 aliphatic rings. The van der Waals surface area contributed by atoms with E-state index in [9.17, 15) is 0 Å². The highest BCUT2D eigenvalue weighted by Gasteiger charge is 2.18. The molecule has 0 saturated carbocycles. The molecule has 0 spiro atoms. The SMILES string of the molecule is c1ccc2c(c1)oc1cc(N(c3ccc(-c4ccc5ccc6sc7ccccc7c6c5c4)cc3)c3ccc4c(c3)oc3ccccc34)ccc12. The van der Waals surface area contributed by atoms with Crippen LogP contribution in [0.1, 0.15) is 0 Å². The van der Waals surface area contributed by atoms with Crippen LogP contribution >= 0.6 is 11.3 Å². The van der Waals surface area contributed by atoms with Crippen LogP contribution in [-0.2, 0) is 0 Å². The second-order valence-electron chi connectivity index (χ2n) is 12.9. The molecule has 234 valence electrons. The first-order chi connectivity index (χ1) is 24.7. The summed E-state index contributed by atoms with van der Waals surface area (Å²) < 4.78 is 15.3. The van der Waals surface area contributed by atoms with E-state index >= 15 is 0 Å². The van der Waals surface area contributed by atoms with Gasteiger partial charge in [-0.1, -0.05) is 84.9 Å². The lowest BCUT2D eigenvalue weighted by Gasteiger charge is -2.25. The molecule has 0 saturated heterocycles. The van der Waals surface area contributed by atoms with Gasteiger partial charge in [-0.2, -0.15) is 0 Å². The Balaban J connectivity index is 1.06. The normalized spacial score (nSPS) is 12.0. The van der Waals surface area contributed by atoms with Crippen LogP contribution in [0.3, 0.4) is 0 Å². The zero-order chi connectivity index (χ0) is 32.8. The van der Waals surface area contributed by atoms with Crippen LogP contribution in [0.25, 0.3) is 85.9 Å². The third-order valence-electron chi connectivity index (χ3n) is 10.1. The summed E-state index contributed by atoms with van der Waals surface area (Å²) in [4.78, 5) is 2.28. The van der Waals surface area contributed by atoms with Crippen LogP contribution in [0, 0.1) is 0 Å². The van der Waals surface area contributed by atoms with Gasteiger partial charge < -0.3 is 13.7 Å². The van der Waals surface area contributed by atoms with E-state index in [0.717, 1.165) is 60.9 Å². The fourth-order valence-electron chi connectivity index (χ4n) is 7.68. The van der Waals surface area contributed by atoms with Crippen LogP contribution < -0.4 is 4.90 Å². The van der Waals surface area contributed by atoms with Gasteiger partial charge in [-0.15, -0.1) is 11.3 Å². The Morgan fingerprint density at radius 1 is 0.360 bits per heavy atom. The first-order valence-electron chi connectivity index (χ1n) is 16.8. The molecule has 3 nitrogen and oxygen atoms in total. The molecule has 0 unspecified atom stereocenters. The Hall–Kier alpha value is -6.36. The molecule has 50 heavy (non-hydrogen) atoms. The maximum absolute atomic E-state index is 6.34. The van der Waals surface area contributed by atoms with Gasteiger partial charge in [0.05, 0.1) is 0 Å². The Morgan fingerprint density at radius 3 is 1.58 bits per heavy atom. The maximum atomic E-state index is 6.34. The molecule has 11 aromatic rings. The third kappa shape index (κ3) is 4.16.